The Morgan fingerprint density at radius 1 is 1.05 bits per heavy atom. The van der Waals surface area contributed by atoms with E-state index in [1.54, 1.807) is 11.8 Å². The van der Waals surface area contributed by atoms with Crippen LogP contribution in [-0.4, -0.2) is 18.2 Å². The van der Waals surface area contributed by atoms with Crippen molar-refractivity contribution in [2.24, 2.45) is 5.92 Å². The van der Waals surface area contributed by atoms with Gasteiger partial charge in [-0.05, 0) is 43.3 Å². The van der Waals surface area contributed by atoms with E-state index in [9.17, 15) is 5.11 Å². The fourth-order valence-electron chi connectivity index (χ4n) is 2.33. The maximum absolute atomic E-state index is 10.8. The van der Waals surface area contributed by atoms with E-state index in [4.69, 9.17) is 0 Å². The number of nitrogens with one attached hydrogen (secondary N) is 1. The van der Waals surface area contributed by atoms with Crippen molar-refractivity contribution in [2.45, 2.75) is 36.2 Å². The van der Waals surface area contributed by atoms with Crippen molar-refractivity contribution in [2.75, 3.05) is 13.1 Å². The van der Waals surface area contributed by atoms with Gasteiger partial charge in [0.15, 0.2) is 0 Å². The Labute approximate surface area is 138 Å². The van der Waals surface area contributed by atoms with Gasteiger partial charge in [0, 0.05) is 22.3 Å². The molecule has 22 heavy (non-hydrogen) atoms. The molecular weight excluding hydrogens is 290 g/mol. The Balaban J connectivity index is 2.07. The highest BCUT2D eigenvalue weighted by atomic mass is 32.2. The summed E-state index contributed by atoms with van der Waals surface area (Å²) in [6.45, 7) is 7.79. The highest BCUT2D eigenvalue weighted by Crippen LogP contribution is 2.32. The Bertz CT molecular complexity index is 566. The lowest BCUT2D eigenvalue weighted by Crippen LogP contribution is -2.36. The topological polar surface area (TPSA) is 32.3 Å². The zero-order valence-corrected chi connectivity index (χ0v) is 14.4. The Kier molecular flexibility index (Phi) is 6.07. The van der Waals surface area contributed by atoms with Gasteiger partial charge >= 0.3 is 0 Å². The van der Waals surface area contributed by atoms with Gasteiger partial charge in [-0.1, -0.05) is 55.9 Å². The molecule has 2 aromatic carbocycles. The molecule has 2 rings (SSSR count). The van der Waals surface area contributed by atoms with E-state index in [1.807, 2.05) is 37.3 Å². The van der Waals surface area contributed by atoms with Gasteiger partial charge in [0.05, 0.1) is 5.60 Å². The molecule has 0 heterocycles. The summed E-state index contributed by atoms with van der Waals surface area (Å²) in [6.07, 6.45) is 0. The number of hydrogen-bond acceptors (Lipinski definition) is 3. The molecule has 0 bridgehead atoms. The largest absolute Gasteiger partial charge is 0.385 e. The van der Waals surface area contributed by atoms with Gasteiger partial charge in [-0.2, -0.15) is 0 Å². The standard InChI is InChI=1S/C19H25NOS/c1-4-20-14-15(2)19(3,21)16-10-12-18(13-11-16)22-17-8-6-5-7-9-17/h5-13,15,20-21H,4,14H2,1-3H3. The lowest BCUT2D eigenvalue weighted by molar-refractivity contribution is 0.00205. The second-order valence-electron chi connectivity index (χ2n) is 5.80. The summed E-state index contributed by atoms with van der Waals surface area (Å²) in [5.41, 5.74) is 0.147. The zero-order valence-electron chi connectivity index (χ0n) is 13.5. The first-order valence-corrected chi connectivity index (χ1v) is 8.62. The molecule has 2 N–H and O–H groups in total. The molecule has 0 aliphatic rings. The third kappa shape index (κ3) is 4.35. The van der Waals surface area contributed by atoms with Crippen LogP contribution in [0.5, 0.6) is 0 Å². The molecule has 0 saturated heterocycles. The van der Waals surface area contributed by atoms with Crippen LogP contribution in [0.15, 0.2) is 64.4 Å². The molecule has 0 aromatic heterocycles. The van der Waals surface area contributed by atoms with E-state index >= 15 is 0 Å². The van der Waals surface area contributed by atoms with Gasteiger partial charge in [-0.25, -0.2) is 0 Å². The molecule has 118 valence electrons. The summed E-state index contributed by atoms with van der Waals surface area (Å²) in [6, 6.07) is 18.6. The molecule has 0 aliphatic heterocycles. The van der Waals surface area contributed by atoms with E-state index in [2.05, 4.69) is 43.4 Å². The van der Waals surface area contributed by atoms with E-state index in [0.717, 1.165) is 18.7 Å². The highest BCUT2D eigenvalue weighted by molar-refractivity contribution is 7.99. The fourth-order valence-corrected chi connectivity index (χ4v) is 3.17. The monoisotopic (exact) mass is 315 g/mol. The highest BCUT2D eigenvalue weighted by Gasteiger charge is 2.29. The Morgan fingerprint density at radius 2 is 1.64 bits per heavy atom. The molecule has 3 heteroatoms. The fraction of sp³-hybridized carbons (Fsp3) is 0.368. The third-order valence-corrected chi connectivity index (χ3v) is 5.09. The molecule has 0 radical (unpaired) electrons. The van der Waals surface area contributed by atoms with Crippen LogP contribution in [0, 0.1) is 5.92 Å². The average Bonchev–Trinajstić information content (AvgIpc) is 2.54. The van der Waals surface area contributed by atoms with Gasteiger partial charge in [-0.3, -0.25) is 0 Å². The normalized spacial score (nSPS) is 15.3. The van der Waals surface area contributed by atoms with Gasteiger partial charge in [-0.15, -0.1) is 0 Å². The van der Waals surface area contributed by atoms with Gasteiger partial charge < -0.3 is 10.4 Å². The Morgan fingerprint density at radius 3 is 2.23 bits per heavy atom. The van der Waals surface area contributed by atoms with E-state index in [0.29, 0.717) is 0 Å². The Hall–Kier alpha value is -1.29. The first-order chi connectivity index (χ1) is 10.5. The van der Waals surface area contributed by atoms with Crippen molar-refractivity contribution in [3.63, 3.8) is 0 Å². The van der Waals surface area contributed by atoms with Crippen LogP contribution in [0.1, 0.15) is 26.3 Å². The maximum atomic E-state index is 10.8. The smallest absolute Gasteiger partial charge is 0.0906 e. The molecule has 0 aliphatic carbocycles. The third-order valence-electron chi connectivity index (χ3n) is 4.08. The van der Waals surface area contributed by atoms with Crippen molar-refractivity contribution in [1.29, 1.82) is 0 Å². The predicted octanol–water partition coefficient (Wildman–Crippen LogP) is 4.29. The molecule has 0 fully saturated rings. The average molecular weight is 315 g/mol. The molecule has 2 unspecified atom stereocenters. The van der Waals surface area contributed by atoms with Crippen LogP contribution in [0.3, 0.4) is 0 Å². The van der Waals surface area contributed by atoms with Crippen LogP contribution in [0.2, 0.25) is 0 Å². The van der Waals surface area contributed by atoms with Crippen LogP contribution < -0.4 is 5.32 Å². The van der Waals surface area contributed by atoms with Crippen molar-refractivity contribution >= 4 is 11.8 Å². The molecule has 2 aromatic rings. The molecular formula is C19H25NOS. The summed E-state index contributed by atoms with van der Waals surface area (Å²) in [5, 5.41) is 14.1. The second kappa shape index (κ2) is 7.82. The van der Waals surface area contributed by atoms with Crippen LogP contribution in [0.4, 0.5) is 0 Å². The molecule has 2 atom stereocenters. The van der Waals surface area contributed by atoms with Crippen LogP contribution >= 0.6 is 11.8 Å². The van der Waals surface area contributed by atoms with Crippen LogP contribution in [-0.2, 0) is 5.60 Å². The summed E-state index contributed by atoms with van der Waals surface area (Å²) < 4.78 is 0. The lowest BCUT2D eigenvalue weighted by atomic mass is 9.84. The summed E-state index contributed by atoms with van der Waals surface area (Å²) in [5.74, 6) is 0.153. The van der Waals surface area contributed by atoms with E-state index in [1.165, 1.54) is 9.79 Å². The van der Waals surface area contributed by atoms with E-state index in [-0.39, 0.29) is 5.92 Å². The minimum atomic E-state index is -0.821. The summed E-state index contributed by atoms with van der Waals surface area (Å²) in [4.78, 5) is 2.41. The van der Waals surface area contributed by atoms with Crippen molar-refractivity contribution in [3.05, 3.63) is 60.2 Å². The van der Waals surface area contributed by atoms with Crippen LogP contribution in [0.25, 0.3) is 0 Å². The number of rotatable bonds is 7. The minimum Gasteiger partial charge on any atom is -0.385 e. The number of benzene rings is 2. The van der Waals surface area contributed by atoms with Crippen molar-refractivity contribution in [3.8, 4) is 0 Å². The first kappa shape index (κ1) is 17.1. The zero-order chi connectivity index (χ0) is 16.0. The first-order valence-electron chi connectivity index (χ1n) is 7.80. The molecule has 0 spiro atoms. The maximum Gasteiger partial charge on any atom is 0.0906 e. The van der Waals surface area contributed by atoms with Gasteiger partial charge in [0.25, 0.3) is 0 Å². The second-order valence-corrected chi connectivity index (χ2v) is 6.94. The molecule has 0 amide bonds. The van der Waals surface area contributed by atoms with Crippen molar-refractivity contribution < 1.29 is 5.11 Å². The quantitative estimate of drug-likeness (QED) is 0.799. The van der Waals surface area contributed by atoms with Gasteiger partial charge in [0.1, 0.15) is 0 Å². The minimum absolute atomic E-state index is 0.153. The van der Waals surface area contributed by atoms with Gasteiger partial charge in [0.2, 0.25) is 0 Å². The summed E-state index contributed by atoms with van der Waals surface area (Å²) >= 11 is 1.74. The summed E-state index contributed by atoms with van der Waals surface area (Å²) in [7, 11) is 0. The van der Waals surface area contributed by atoms with Crippen molar-refractivity contribution in [1.82, 2.24) is 5.32 Å². The number of hydrogen-bond donors (Lipinski definition) is 2. The number of aliphatic hydroxyl groups is 1. The van der Waals surface area contributed by atoms with E-state index < -0.39 is 5.60 Å². The molecule has 2 nitrogen and oxygen atoms in total. The molecule has 0 saturated carbocycles. The SMILES string of the molecule is CCNCC(C)C(C)(O)c1ccc(Sc2ccccc2)cc1. The predicted molar refractivity (Wildman–Crippen MR) is 94.3 cm³/mol. The lowest BCUT2D eigenvalue weighted by Gasteiger charge is -2.31.